The lowest BCUT2D eigenvalue weighted by molar-refractivity contribution is 0.185. The molecule has 1 aromatic carbocycles. The maximum atomic E-state index is 12.7. The Labute approximate surface area is 146 Å². The van der Waals surface area contributed by atoms with Crippen LogP contribution in [0.3, 0.4) is 0 Å². The van der Waals surface area contributed by atoms with Gasteiger partial charge in [-0.15, -0.1) is 0 Å². The Hall–Kier alpha value is -2.47. The Morgan fingerprint density at radius 3 is 2.84 bits per heavy atom. The number of benzene rings is 1. The van der Waals surface area contributed by atoms with Gasteiger partial charge in [-0.25, -0.2) is 4.68 Å². The summed E-state index contributed by atoms with van der Waals surface area (Å²) in [5.74, 6) is 0.646. The second-order valence-electron chi connectivity index (χ2n) is 6.79. The summed E-state index contributed by atoms with van der Waals surface area (Å²) >= 11 is 0. The first-order valence-corrected chi connectivity index (χ1v) is 8.75. The molecule has 130 valence electrons. The van der Waals surface area contributed by atoms with E-state index in [1.807, 2.05) is 19.9 Å². The normalized spacial score (nSPS) is 18.2. The average molecular weight is 338 g/mol. The lowest BCUT2D eigenvalue weighted by atomic mass is 10.0. The molecule has 0 spiro atoms. The molecule has 4 rings (SSSR count). The third-order valence-electron chi connectivity index (χ3n) is 5.06. The summed E-state index contributed by atoms with van der Waals surface area (Å²) < 4.78 is 6.72. The molecule has 1 saturated heterocycles. The van der Waals surface area contributed by atoms with Crippen molar-refractivity contribution in [2.24, 2.45) is 0 Å². The van der Waals surface area contributed by atoms with Crippen LogP contribution in [0.2, 0.25) is 0 Å². The quantitative estimate of drug-likeness (QED) is 0.732. The molecular formula is C19H22N4O2. The van der Waals surface area contributed by atoms with Gasteiger partial charge >= 0.3 is 0 Å². The number of hydrogen-bond donors (Lipinski definition) is 0. The largest absolute Gasteiger partial charge is 0.360 e. The molecule has 0 bridgehead atoms. The van der Waals surface area contributed by atoms with Crippen molar-refractivity contribution >= 4 is 10.9 Å². The predicted molar refractivity (Wildman–Crippen MR) is 95.4 cm³/mol. The molecule has 1 atom stereocenters. The summed E-state index contributed by atoms with van der Waals surface area (Å²) in [7, 11) is 0. The summed E-state index contributed by atoms with van der Waals surface area (Å²) in [6.45, 7) is 5.19. The minimum atomic E-state index is -0.178. The Morgan fingerprint density at radius 2 is 2.04 bits per heavy atom. The van der Waals surface area contributed by atoms with E-state index in [0.29, 0.717) is 24.0 Å². The van der Waals surface area contributed by atoms with Crippen LogP contribution in [0.4, 0.5) is 0 Å². The third kappa shape index (κ3) is 2.98. The van der Waals surface area contributed by atoms with Crippen LogP contribution in [-0.2, 0) is 13.1 Å². The standard InChI is InChI=1S/C19H22N4O2/c1-13-17-14(2)25-21-18(17)19(24)23(20-13)12-22-10-6-9-16(22)11-15-7-4-3-5-8-15/h3-5,7-8,16H,6,9-12H2,1-2H3. The molecule has 3 heterocycles. The molecule has 1 unspecified atom stereocenters. The topological polar surface area (TPSA) is 64.2 Å². The van der Waals surface area contributed by atoms with E-state index >= 15 is 0 Å². The number of fused-ring (bicyclic) bond motifs is 1. The monoisotopic (exact) mass is 338 g/mol. The van der Waals surface area contributed by atoms with Gasteiger partial charge in [0.15, 0.2) is 5.52 Å². The maximum absolute atomic E-state index is 12.7. The van der Waals surface area contributed by atoms with Gasteiger partial charge in [0.1, 0.15) is 5.76 Å². The summed E-state index contributed by atoms with van der Waals surface area (Å²) in [6.07, 6.45) is 3.30. The highest BCUT2D eigenvalue weighted by atomic mass is 16.5. The first-order chi connectivity index (χ1) is 12.1. The zero-order valence-corrected chi connectivity index (χ0v) is 14.6. The van der Waals surface area contributed by atoms with Crippen LogP contribution in [0.15, 0.2) is 39.6 Å². The molecule has 1 aliphatic heterocycles. The molecule has 0 saturated carbocycles. The lowest BCUT2D eigenvalue weighted by Gasteiger charge is -2.24. The van der Waals surface area contributed by atoms with Crippen LogP contribution in [-0.4, -0.2) is 32.4 Å². The molecule has 2 aromatic heterocycles. The summed E-state index contributed by atoms with van der Waals surface area (Å²) in [5.41, 5.74) is 2.32. The molecule has 6 nitrogen and oxygen atoms in total. The summed E-state index contributed by atoms with van der Waals surface area (Å²) in [5, 5.41) is 9.17. The highest BCUT2D eigenvalue weighted by Gasteiger charge is 2.26. The first kappa shape index (κ1) is 16.0. The fraction of sp³-hybridized carbons (Fsp3) is 0.421. The van der Waals surface area contributed by atoms with Crippen molar-refractivity contribution in [1.82, 2.24) is 19.8 Å². The zero-order chi connectivity index (χ0) is 17.4. The van der Waals surface area contributed by atoms with E-state index in [1.165, 1.54) is 10.2 Å². The number of aryl methyl sites for hydroxylation is 2. The first-order valence-electron chi connectivity index (χ1n) is 8.75. The number of hydrogen-bond acceptors (Lipinski definition) is 5. The molecule has 0 amide bonds. The Kier molecular flexibility index (Phi) is 4.13. The zero-order valence-electron chi connectivity index (χ0n) is 14.6. The van der Waals surface area contributed by atoms with Crippen LogP contribution in [0.25, 0.3) is 10.9 Å². The lowest BCUT2D eigenvalue weighted by Crippen LogP contribution is -2.38. The van der Waals surface area contributed by atoms with Crippen molar-refractivity contribution in [2.75, 3.05) is 6.54 Å². The Balaban J connectivity index is 1.60. The summed E-state index contributed by atoms with van der Waals surface area (Å²) in [4.78, 5) is 15.0. The molecule has 0 aliphatic carbocycles. The van der Waals surface area contributed by atoms with Crippen molar-refractivity contribution < 1.29 is 4.52 Å². The number of aromatic nitrogens is 3. The molecule has 6 heteroatoms. The van der Waals surface area contributed by atoms with Crippen LogP contribution < -0.4 is 5.56 Å². The van der Waals surface area contributed by atoms with Crippen LogP contribution >= 0.6 is 0 Å². The van der Waals surface area contributed by atoms with Crippen LogP contribution in [0.5, 0.6) is 0 Å². The predicted octanol–water partition coefficient (Wildman–Crippen LogP) is 2.67. The van der Waals surface area contributed by atoms with Gasteiger partial charge < -0.3 is 4.52 Å². The average Bonchev–Trinajstić information content (AvgIpc) is 3.20. The molecule has 1 aliphatic rings. The van der Waals surface area contributed by atoms with E-state index in [2.05, 4.69) is 39.4 Å². The van der Waals surface area contributed by atoms with Crippen molar-refractivity contribution in [3.05, 3.63) is 57.7 Å². The highest BCUT2D eigenvalue weighted by Crippen LogP contribution is 2.22. The fourth-order valence-electron chi connectivity index (χ4n) is 3.81. The van der Waals surface area contributed by atoms with Crippen molar-refractivity contribution in [3.8, 4) is 0 Å². The van der Waals surface area contributed by atoms with Gasteiger partial charge in [0.25, 0.3) is 5.56 Å². The maximum Gasteiger partial charge on any atom is 0.298 e. The fourth-order valence-corrected chi connectivity index (χ4v) is 3.81. The van der Waals surface area contributed by atoms with E-state index in [4.69, 9.17) is 4.52 Å². The third-order valence-corrected chi connectivity index (χ3v) is 5.06. The van der Waals surface area contributed by atoms with Crippen molar-refractivity contribution in [2.45, 2.75) is 45.8 Å². The van der Waals surface area contributed by atoms with E-state index in [-0.39, 0.29) is 5.56 Å². The van der Waals surface area contributed by atoms with Gasteiger partial charge in [0.2, 0.25) is 0 Å². The number of rotatable bonds is 4. The molecule has 0 radical (unpaired) electrons. The van der Waals surface area contributed by atoms with Crippen molar-refractivity contribution in [1.29, 1.82) is 0 Å². The van der Waals surface area contributed by atoms with Gasteiger partial charge in [-0.1, -0.05) is 35.5 Å². The summed E-state index contributed by atoms with van der Waals surface area (Å²) in [6, 6.07) is 10.9. The Morgan fingerprint density at radius 1 is 1.24 bits per heavy atom. The van der Waals surface area contributed by atoms with Gasteiger partial charge in [-0.2, -0.15) is 5.10 Å². The van der Waals surface area contributed by atoms with Crippen LogP contribution in [0, 0.1) is 13.8 Å². The van der Waals surface area contributed by atoms with E-state index < -0.39 is 0 Å². The van der Waals surface area contributed by atoms with Gasteiger partial charge in [0, 0.05) is 12.6 Å². The van der Waals surface area contributed by atoms with Crippen LogP contribution in [0.1, 0.15) is 29.9 Å². The Bertz CT molecular complexity index is 945. The van der Waals surface area contributed by atoms with E-state index in [9.17, 15) is 4.79 Å². The van der Waals surface area contributed by atoms with Crippen molar-refractivity contribution in [3.63, 3.8) is 0 Å². The van der Waals surface area contributed by atoms with Gasteiger partial charge in [-0.05, 0) is 38.7 Å². The number of likely N-dealkylation sites (tertiary alicyclic amines) is 1. The highest BCUT2D eigenvalue weighted by molar-refractivity contribution is 5.81. The second kappa shape index (κ2) is 6.44. The molecule has 1 fully saturated rings. The molecule has 0 N–H and O–H groups in total. The SMILES string of the molecule is Cc1nn(CN2CCCC2Cc2ccccc2)c(=O)c2noc(C)c12. The second-order valence-corrected chi connectivity index (χ2v) is 6.79. The molecule has 25 heavy (non-hydrogen) atoms. The molecule has 3 aromatic rings. The number of nitrogens with zero attached hydrogens (tertiary/aromatic N) is 4. The minimum absolute atomic E-state index is 0.178. The minimum Gasteiger partial charge on any atom is -0.360 e. The van der Waals surface area contributed by atoms with E-state index in [0.717, 1.165) is 36.9 Å². The van der Waals surface area contributed by atoms with Gasteiger partial charge in [0.05, 0.1) is 17.7 Å². The van der Waals surface area contributed by atoms with Gasteiger partial charge in [-0.3, -0.25) is 9.69 Å². The van der Waals surface area contributed by atoms with E-state index in [1.54, 1.807) is 0 Å². The smallest absolute Gasteiger partial charge is 0.298 e. The molecular weight excluding hydrogens is 316 g/mol.